The van der Waals surface area contributed by atoms with Crippen LogP contribution in [-0.4, -0.2) is 21.9 Å². The van der Waals surface area contributed by atoms with E-state index in [-0.39, 0.29) is 11.9 Å². The predicted molar refractivity (Wildman–Crippen MR) is 85.2 cm³/mol. The van der Waals surface area contributed by atoms with E-state index in [0.29, 0.717) is 27.2 Å². The topological polar surface area (TPSA) is 66.9 Å². The van der Waals surface area contributed by atoms with E-state index < -0.39 is 0 Å². The molecule has 2 aromatic rings. The van der Waals surface area contributed by atoms with Crippen LogP contribution in [0.3, 0.4) is 0 Å². The van der Waals surface area contributed by atoms with Crippen molar-refractivity contribution >= 4 is 40.7 Å². The van der Waals surface area contributed by atoms with Crippen molar-refractivity contribution in [3.63, 3.8) is 0 Å². The van der Waals surface area contributed by atoms with E-state index in [1.165, 1.54) is 12.4 Å². The first-order valence-electron chi connectivity index (χ1n) is 6.30. The van der Waals surface area contributed by atoms with Gasteiger partial charge in [-0.3, -0.25) is 4.79 Å². The molecule has 0 aliphatic heterocycles. The molecule has 1 heterocycles. The molecule has 1 amide bonds. The van der Waals surface area contributed by atoms with Gasteiger partial charge < -0.3 is 10.6 Å². The molecule has 5 nitrogen and oxygen atoms in total. The van der Waals surface area contributed by atoms with E-state index in [9.17, 15) is 4.79 Å². The normalized spacial score (nSPS) is 10.5. The van der Waals surface area contributed by atoms with Gasteiger partial charge in [0.05, 0.1) is 16.3 Å². The quantitative estimate of drug-likeness (QED) is 0.896. The number of rotatable bonds is 4. The molecule has 0 unspecified atom stereocenters. The second-order valence-electron chi connectivity index (χ2n) is 4.67. The number of hydrogen-bond acceptors (Lipinski definition) is 4. The number of aromatic nitrogens is 2. The van der Waals surface area contributed by atoms with E-state index in [0.717, 1.165) is 0 Å². The maximum atomic E-state index is 12.1. The molecular formula is C14H14Cl2N4O. The molecule has 2 N–H and O–H groups in total. The van der Waals surface area contributed by atoms with Gasteiger partial charge in [-0.25, -0.2) is 9.97 Å². The van der Waals surface area contributed by atoms with Gasteiger partial charge in [0, 0.05) is 23.5 Å². The minimum absolute atomic E-state index is 0.218. The highest BCUT2D eigenvalue weighted by Gasteiger charge is 2.10. The Bertz CT molecular complexity index is 644. The molecule has 0 radical (unpaired) electrons. The maximum absolute atomic E-state index is 12.1. The summed E-state index contributed by atoms with van der Waals surface area (Å²) in [5.74, 6) is 0.123. The van der Waals surface area contributed by atoms with Gasteiger partial charge in [0.25, 0.3) is 5.91 Å². The summed E-state index contributed by atoms with van der Waals surface area (Å²) in [4.78, 5) is 20.3. The van der Waals surface area contributed by atoms with Crippen molar-refractivity contribution in [2.45, 2.75) is 19.9 Å². The Balaban J connectivity index is 2.11. The highest BCUT2D eigenvalue weighted by Crippen LogP contribution is 2.25. The summed E-state index contributed by atoms with van der Waals surface area (Å²) in [7, 11) is 0. The van der Waals surface area contributed by atoms with Gasteiger partial charge in [0.2, 0.25) is 5.95 Å². The van der Waals surface area contributed by atoms with Crippen molar-refractivity contribution in [2.24, 2.45) is 0 Å². The summed E-state index contributed by atoms with van der Waals surface area (Å²) < 4.78 is 0. The summed E-state index contributed by atoms with van der Waals surface area (Å²) in [6.07, 6.45) is 2.90. The van der Waals surface area contributed by atoms with Crippen LogP contribution >= 0.6 is 23.2 Å². The van der Waals surface area contributed by atoms with Crippen LogP contribution < -0.4 is 10.6 Å². The van der Waals surface area contributed by atoms with E-state index in [2.05, 4.69) is 20.6 Å². The van der Waals surface area contributed by atoms with Gasteiger partial charge in [0.15, 0.2) is 0 Å². The SMILES string of the molecule is CC(C)Nc1ncc(C(=O)Nc2cc(Cl)ccc2Cl)cn1. The average Bonchev–Trinajstić information content (AvgIpc) is 2.43. The van der Waals surface area contributed by atoms with Gasteiger partial charge in [-0.1, -0.05) is 23.2 Å². The standard InChI is InChI=1S/C14H14Cl2N4O/c1-8(2)19-14-17-6-9(7-18-14)13(21)20-12-5-10(15)3-4-11(12)16/h3-8H,1-2H3,(H,20,21)(H,17,18,19). The molecule has 1 aromatic heterocycles. The average molecular weight is 325 g/mol. The highest BCUT2D eigenvalue weighted by atomic mass is 35.5. The molecule has 0 spiro atoms. The second kappa shape index (κ2) is 6.74. The van der Waals surface area contributed by atoms with Crippen LogP contribution in [0, 0.1) is 0 Å². The first-order valence-corrected chi connectivity index (χ1v) is 7.06. The number of anilines is 2. The third kappa shape index (κ3) is 4.31. The molecule has 0 saturated carbocycles. The minimum atomic E-state index is -0.352. The number of nitrogens with zero attached hydrogens (tertiary/aromatic N) is 2. The fourth-order valence-electron chi connectivity index (χ4n) is 1.57. The predicted octanol–water partition coefficient (Wildman–Crippen LogP) is 3.86. The molecule has 0 bridgehead atoms. The molecule has 0 aliphatic carbocycles. The second-order valence-corrected chi connectivity index (χ2v) is 5.52. The van der Waals surface area contributed by atoms with Gasteiger partial charge >= 0.3 is 0 Å². The van der Waals surface area contributed by atoms with E-state index >= 15 is 0 Å². The number of amides is 1. The summed E-state index contributed by atoms with van der Waals surface area (Å²) in [6, 6.07) is 5.06. The summed E-state index contributed by atoms with van der Waals surface area (Å²) in [6.45, 7) is 3.95. The summed E-state index contributed by atoms with van der Waals surface area (Å²) >= 11 is 11.9. The Morgan fingerprint density at radius 3 is 2.48 bits per heavy atom. The molecule has 0 fully saturated rings. The van der Waals surface area contributed by atoms with Crippen LogP contribution in [-0.2, 0) is 0 Å². The first kappa shape index (κ1) is 15.5. The van der Waals surface area contributed by atoms with Crippen LogP contribution in [0.5, 0.6) is 0 Å². The fraction of sp³-hybridized carbons (Fsp3) is 0.214. The molecule has 0 saturated heterocycles. The molecule has 2 rings (SSSR count). The minimum Gasteiger partial charge on any atom is -0.352 e. The largest absolute Gasteiger partial charge is 0.352 e. The smallest absolute Gasteiger partial charge is 0.258 e. The van der Waals surface area contributed by atoms with Crippen molar-refractivity contribution in [3.8, 4) is 0 Å². The van der Waals surface area contributed by atoms with Crippen molar-refractivity contribution in [1.29, 1.82) is 0 Å². The lowest BCUT2D eigenvalue weighted by atomic mass is 10.2. The molecule has 7 heteroatoms. The Kier molecular flexibility index (Phi) is 4.98. The van der Waals surface area contributed by atoms with Crippen LogP contribution in [0.2, 0.25) is 10.0 Å². The van der Waals surface area contributed by atoms with E-state index in [1.807, 2.05) is 13.8 Å². The van der Waals surface area contributed by atoms with Crippen LogP contribution in [0.1, 0.15) is 24.2 Å². The molecule has 21 heavy (non-hydrogen) atoms. The molecule has 1 aromatic carbocycles. The monoisotopic (exact) mass is 324 g/mol. The third-order valence-electron chi connectivity index (χ3n) is 2.51. The number of nitrogens with one attached hydrogen (secondary N) is 2. The van der Waals surface area contributed by atoms with Crippen LogP contribution in [0.4, 0.5) is 11.6 Å². The van der Waals surface area contributed by atoms with Gasteiger partial charge in [0.1, 0.15) is 0 Å². The van der Waals surface area contributed by atoms with E-state index in [4.69, 9.17) is 23.2 Å². The lowest BCUT2D eigenvalue weighted by Gasteiger charge is -2.09. The maximum Gasteiger partial charge on any atom is 0.258 e. The Morgan fingerprint density at radius 2 is 1.86 bits per heavy atom. The van der Waals surface area contributed by atoms with Crippen molar-refractivity contribution in [2.75, 3.05) is 10.6 Å². The number of benzene rings is 1. The molecule has 0 atom stereocenters. The number of halogens is 2. The lowest BCUT2D eigenvalue weighted by Crippen LogP contribution is -2.15. The van der Waals surface area contributed by atoms with Gasteiger partial charge in [-0.15, -0.1) is 0 Å². The van der Waals surface area contributed by atoms with Gasteiger partial charge in [-0.05, 0) is 32.0 Å². The molecular weight excluding hydrogens is 311 g/mol. The van der Waals surface area contributed by atoms with Crippen molar-refractivity contribution < 1.29 is 4.79 Å². The molecule has 0 aliphatic rings. The number of carbonyl (C=O) groups excluding carboxylic acids is 1. The Labute approximate surface area is 132 Å². The van der Waals surface area contributed by atoms with Crippen LogP contribution in [0.15, 0.2) is 30.6 Å². The highest BCUT2D eigenvalue weighted by molar-refractivity contribution is 6.35. The number of hydrogen-bond donors (Lipinski definition) is 2. The van der Waals surface area contributed by atoms with Crippen LogP contribution in [0.25, 0.3) is 0 Å². The molecule has 110 valence electrons. The number of carbonyl (C=O) groups is 1. The van der Waals surface area contributed by atoms with E-state index in [1.54, 1.807) is 18.2 Å². The van der Waals surface area contributed by atoms with Gasteiger partial charge in [-0.2, -0.15) is 0 Å². The summed E-state index contributed by atoms with van der Waals surface area (Å²) in [5, 5.41) is 6.61. The lowest BCUT2D eigenvalue weighted by molar-refractivity contribution is 0.102. The Hall–Kier alpha value is -1.85. The summed E-state index contributed by atoms with van der Waals surface area (Å²) in [5.41, 5.74) is 0.777. The zero-order chi connectivity index (χ0) is 15.4. The fourth-order valence-corrected chi connectivity index (χ4v) is 1.90. The third-order valence-corrected chi connectivity index (χ3v) is 3.07. The van der Waals surface area contributed by atoms with Crippen molar-refractivity contribution in [1.82, 2.24) is 9.97 Å². The zero-order valence-corrected chi connectivity index (χ0v) is 13.0. The first-order chi connectivity index (χ1) is 9.95. The zero-order valence-electron chi connectivity index (χ0n) is 11.5. The van der Waals surface area contributed by atoms with Crippen molar-refractivity contribution in [3.05, 3.63) is 46.2 Å². The Morgan fingerprint density at radius 1 is 1.19 bits per heavy atom.